The van der Waals surface area contributed by atoms with E-state index < -0.39 is 9.84 Å². The second-order valence-corrected chi connectivity index (χ2v) is 6.98. The summed E-state index contributed by atoms with van der Waals surface area (Å²) in [6.07, 6.45) is 1.85. The Morgan fingerprint density at radius 3 is 2.53 bits per heavy atom. The Hall–Kier alpha value is -0.290. The first-order valence-electron chi connectivity index (χ1n) is 5.21. The molecule has 3 nitrogen and oxygen atoms in total. The van der Waals surface area contributed by atoms with Gasteiger partial charge in [-0.25, -0.2) is 8.42 Å². The largest absolute Gasteiger partial charge is 0.313 e. The Morgan fingerprint density at radius 2 is 1.94 bits per heavy atom. The molecular formula is C11H15Cl2NO2S. The molecule has 0 bridgehead atoms. The molecule has 17 heavy (non-hydrogen) atoms. The monoisotopic (exact) mass is 295 g/mol. The SMILES string of the molecule is CS(=O)(=O)CCCNCc1ccc(Cl)c(Cl)c1. The molecule has 0 spiro atoms. The number of hydrogen-bond donors (Lipinski definition) is 1. The molecule has 1 aromatic rings. The summed E-state index contributed by atoms with van der Waals surface area (Å²) in [5, 5.41) is 4.22. The highest BCUT2D eigenvalue weighted by molar-refractivity contribution is 7.90. The van der Waals surface area contributed by atoms with Crippen molar-refractivity contribution in [2.24, 2.45) is 0 Å². The second-order valence-electron chi connectivity index (χ2n) is 3.91. The lowest BCUT2D eigenvalue weighted by Crippen LogP contribution is -2.17. The van der Waals surface area contributed by atoms with Crippen molar-refractivity contribution in [3.63, 3.8) is 0 Å². The van der Waals surface area contributed by atoms with Gasteiger partial charge in [0, 0.05) is 12.8 Å². The van der Waals surface area contributed by atoms with Gasteiger partial charge >= 0.3 is 0 Å². The maximum absolute atomic E-state index is 10.9. The zero-order valence-corrected chi connectivity index (χ0v) is 11.9. The molecule has 0 atom stereocenters. The molecule has 0 heterocycles. The molecule has 1 rings (SSSR count). The molecule has 0 aliphatic heterocycles. The highest BCUT2D eigenvalue weighted by Crippen LogP contribution is 2.22. The van der Waals surface area contributed by atoms with Crippen LogP contribution in [0.4, 0.5) is 0 Å². The van der Waals surface area contributed by atoms with Crippen LogP contribution in [0.2, 0.25) is 10.0 Å². The van der Waals surface area contributed by atoms with Crippen LogP contribution in [-0.2, 0) is 16.4 Å². The first-order valence-corrected chi connectivity index (χ1v) is 8.02. The zero-order valence-electron chi connectivity index (χ0n) is 9.54. The average Bonchev–Trinajstić information content (AvgIpc) is 2.21. The normalized spacial score (nSPS) is 11.7. The van der Waals surface area contributed by atoms with Crippen molar-refractivity contribution in [2.75, 3.05) is 18.6 Å². The molecule has 0 unspecified atom stereocenters. The molecule has 0 saturated heterocycles. The molecule has 0 saturated carbocycles. The van der Waals surface area contributed by atoms with Crippen molar-refractivity contribution in [2.45, 2.75) is 13.0 Å². The minimum atomic E-state index is -2.86. The Labute approximate surface area is 112 Å². The van der Waals surface area contributed by atoms with E-state index >= 15 is 0 Å². The molecule has 0 radical (unpaired) electrons. The second kappa shape index (κ2) is 6.59. The van der Waals surface area contributed by atoms with E-state index in [-0.39, 0.29) is 5.75 Å². The van der Waals surface area contributed by atoms with E-state index in [0.717, 1.165) is 5.56 Å². The first-order chi connectivity index (χ1) is 7.88. The van der Waals surface area contributed by atoms with Crippen molar-refractivity contribution in [3.05, 3.63) is 33.8 Å². The van der Waals surface area contributed by atoms with Crippen molar-refractivity contribution in [1.29, 1.82) is 0 Å². The Morgan fingerprint density at radius 1 is 1.24 bits per heavy atom. The fourth-order valence-electron chi connectivity index (χ4n) is 1.34. The van der Waals surface area contributed by atoms with Gasteiger partial charge in [-0.15, -0.1) is 0 Å². The van der Waals surface area contributed by atoms with Gasteiger partial charge in [-0.3, -0.25) is 0 Å². The quantitative estimate of drug-likeness (QED) is 0.821. The number of benzene rings is 1. The summed E-state index contributed by atoms with van der Waals surface area (Å²) < 4.78 is 21.8. The summed E-state index contributed by atoms with van der Waals surface area (Å²) >= 11 is 11.7. The first kappa shape index (κ1) is 14.8. The highest BCUT2D eigenvalue weighted by atomic mass is 35.5. The molecule has 0 amide bonds. The van der Waals surface area contributed by atoms with Crippen LogP contribution in [0.1, 0.15) is 12.0 Å². The lowest BCUT2D eigenvalue weighted by Gasteiger charge is -2.05. The number of rotatable bonds is 6. The highest BCUT2D eigenvalue weighted by Gasteiger charge is 2.02. The van der Waals surface area contributed by atoms with Crippen LogP contribution >= 0.6 is 23.2 Å². The summed E-state index contributed by atoms with van der Waals surface area (Å²) in [5.41, 5.74) is 1.03. The zero-order chi connectivity index (χ0) is 12.9. The number of halogens is 2. The third-order valence-electron chi connectivity index (χ3n) is 2.18. The van der Waals surface area contributed by atoms with E-state index in [0.29, 0.717) is 29.6 Å². The lowest BCUT2D eigenvalue weighted by atomic mass is 10.2. The summed E-state index contributed by atoms with van der Waals surface area (Å²) in [5.74, 6) is 0.210. The summed E-state index contributed by atoms with van der Waals surface area (Å²) in [6.45, 7) is 1.31. The van der Waals surface area contributed by atoms with Crippen LogP contribution < -0.4 is 5.32 Å². The van der Waals surface area contributed by atoms with E-state index in [1.807, 2.05) is 6.07 Å². The average molecular weight is 296 g/mol. The maximum atomic E-state index is 10.9. The Kier molecular flexibility index (Phi) is 5.73. The van der Waals surface area contributed by atoms with E-state index in [1.54, 1.807) is 12.1 Å². The van der Waals surface area contributed by atoms with Gasteiger partial charge in [0.05, 0.1) is 15.8 Å². The molecule has 0 fully saturated rings. The summed E-state index contributed by atoms with van der Waals surface area (Å²) in [7, 11) is -2.86. The van der Waals surface area contributed by atoms with Gasteiger partial charge in [-0.05, 0) is 30.7 Å². The van der Waals surface area contributed by atoms with Gasteiger partial charge < -0.3 is 5.32 Å². The van der Waals surface area contributed by atoms with E-state index in [2.05, 4.69) is 5.32 Å². The van der Waals surface area contributed by atoms with Crippen LogP contribution in [0.25, 0.3) is 0 Å². The molecule has 1 N–H and O–H groups in total. The number of hydrogen-bond acceptors (Lipinski definition) is 3. The smallest absolute Gasteiger partial charge is 0.147 e. The van der Waals surface area contributed by atoms with Gasteiger partial charge in [0.2, 0.25) is 0 Å². The molecule has 96 valence electrons. The van der Waals surface area contributed by atoms with Gasteiger partial charge in [-0.2, -0.15) is 0 Å². The molecule has 6 heteroatoms. The molecule has 0 aromatic heterocycles. The minimum absolute atomic E-state index is 0.210. The van der Waals surface area contributed by atoms with E-state index in [1.165, 1.54) is 6.26 Å². The predicted molar refractivity (Wildman–Crippen MR) is 72.5 cm³/mol. The topological polar surface area (TPSA) is 46.2 Å². The summed E-state index contributed by atoms with van der Waals surface area (Å²) in [4.78, 5) is 0. The van der Waals surface area contributed by atoms with Crippen LogP contribution in [0.5, 0.6) is 0 Å². The van der Waals surface area contributed by atoms with Crippen LogP contribution in [0.3, 0.4) is 0 Å². The van der Waals surface area contributed by atoms with Gasteiger partial charge in [-0.1, -0.05) is 29.3 Å². The van der Waals surface area contributed by atoms with Gasteiger partial charge in [0.25, 0.3) is 0 Å². The van der Waals surface area contributed by atoms with Crippen LogP contribution in [-0.4, -0.2) is 27.0 Å². The number of sulfone groups is 1. The van der Waals surface area contributed by atoms with E-state index in [9.17, 15) is 8.42 Å². The van der Waals surface area contributed by atoms with Crippen molar-refractivity contribution in [1.82, 2.24) is 5.32 Å². The molecule has 0 aliphatic rings. The lowest BCUT2D eigenvalue weighted by molar-refractivity contribution is 0.594. The molecule has 1 aromatic carbocycles. The molecular weight excluding hydrogens is 281 g/mol. The van der Waals surface area contributed by atoms with Gasteiger partial charge in [0.1, 0.15) is 9.84 Å². The fourth-order valence-corrected chi connectivity index (χ4v) is 2.33. The van der Waals surface area contributed by atoms with E-state index in [4.69, 9.17) is 23.2 Å². The standard InChI is InChI=1S/C11H15Cl2NO2S/c1-17(15,16)6-2-5-14-8-9-3-4-10(12)11(13)7-9/h3-4,7,14H,2,5-6,8H2,1H3. The van der Waals surface area contributed by atoms with Crippen LogP contribution in [0.15, 0.2) is 18.2 Å². The number of nitrogens with one attached hydrogen (secondary N) is 1. The minimum Gasteiger partial charge on any atom is -0.313 e. The predicted octanol–water partition coefficient (Wildman–Crippen LogP) is 2.52. The Bertz CT molecular complexity index is 474. The third kappa shape index (κ3) is 6.27. The summed E-state index contributed by atoms with van der Waals surface area (Å²) in [6, 6.07) is 5.43. The third-order valence-corrected chi connectivity index (χ3v) is 3.95. The van der Waals surface area contributed by atoms with Crippen molar-refractivity contribution >= 4 is 33.0 Å². The van der Waals surface area contributed by atoms with Gasteiger partial charge in [0.15, 0.2) is 0 Å². The molecule has 0 aliphatic carbocycles. The van der Waals surface area contributed by atoms with Crippen molar-refractivity contribution in [3.8, 4) is 0 Å². The van der Waals surface area contributed by atoms with Crippen molar-refractivity contribution < 1.29 is 8.42 Å². The fraction of sp³-hybridized carbons (Fsp3) is 0.455. The Balaban J connectivity index is 2.29. The van der Waals surface area contributed by atoms with Crippen LogP contribution in [0, 0.1) is 0 Å². The maximum Gasteiger partial charge on any atom is 0.147 e.